The van der Waals surface area contributed by atoms with Crippen molar-refractivity contribution in [3.63, 3.8) is 0 Å². The van der Waals surface area contributed by atoms with Crippen LogP contribution < -0.4 is 0 Å². The van der Waals surface area contributed by atoms with Gasteiger partial charge in [-0.05, 0) is 42.7 Å². The molecule has 0 aromatic heterocycles. The fraction of sp³-hybridized carbons (Fsp3) is 0.300. The van der Waals surface area contributed by atoms with Crippen molar-refractivity contribution < 1.29 is 13.2 Å². The van der Waals surface area contributed by atoms with Crippen molar-refractivity contribution in [2.45, 2.75) is 30.3 Å². The molecule has 1 aliphatic rings. The summed E-state index contributed by atoms with van der Waals surface area (Å²) in [5, 5.41) is 8.84. The summed E-state index contributed by atoms with van der Waals surface area (Å²) >= 11 is 0. The molecule has 0 aliphatic heterocycles. The van der Waals surface area contributed by atoms with Crippen molar-refractivity contribution >= 4 is 15.9 Å². The van der Waals surface area contributed by atoms with E-state index in [2.05, 4.69) is 0 Å². The van der Waals surface area contributed by atoms with Crippen LogP contribution in [0.25, 0.3) is 0 Å². The predicted octanol–water partition coefficient (Wildman–Crippen LogP) is 2.37. The monoisotopic (exact) mass is 383 g/mol. The molecule has 0 bridgehead atoms. The van der Waals surface area contributed by atoms with E-state index < -0.39 is 10.0 Å². The number of nitrogens with zero attached hydrogens (tertiary/aromatic N) is 3. The second kappa shape index (κ2) is 7.91. The highest BCUT2D eigenvalue weighted by atomic mass is 32.2. The van der Waals surface area contributed by atoms with Crippen molar-refractivity contribution in [1.82, 2.24) is 9.21 Å². The minimum Gasteiger partial charge on any atom is -0.334 e. The van der Waals surface area contributed by atoms with Crippen molar-refractivity contribution in [2.24, 2.45) is 0 Å². The predicted molar refractivity (Wildman–Crippen MR) is 101 cm³/mol. The molecule has 140 valence electrons. The van der Waals surface area contributed by atoms with Crippen LogP contribution in [-0.2, 0) is 21.4 Å². The molecule has 0 saturated heterocycles. The van der Waals surface area contributed by atoms with Gasteiger partial charge in [0.1, 0.15) is 0 Å². The van der Waals surface area contributed by atoms with Gasteiger partial charge in [0.15, 0.2) is 0 Å². The van der Waals surface area contributed by atoms with Gasteiger partial charge in [-0.2, -0.15) is 9.57 Å². The van der Waals surface area contributed by atoms with Crippen LogP contribution >= 0.6 is 0 Å². The van der Waals surface area contributed by atoms with Gasteiger partial charge in [-0.25, -0.2) is 8.42 Å². The molecular weight excluding hydrogens is 362 g/mol. The third-order valence-electron chi connectivity index (χ3n) is 4.55. The molecule has 1 fully saturated rings. The van der Waals surface area contributed by atoms with Crippen LogP contribution in [-0.4, -0.2) is 43.2 Å². The van der Waals surface area contributed by atoms with Gasteiger partial charge >= 0.3 is 0 Å². The van der Waals surface area contributed by atoms with Crippen LogP contribution in [0.15, 0.2) is 59.5 Å². The number of hydrogen-bond acceptors (Lipinski definition) is 4. The maximum absolute atomic E-state index is 12.8. The first kappa shape index (κ1) is 19.1. The molecule has 2 aromatic rings. The lowest BCUT2D eigenvalue weighted by Gasteiger charge is -2.25. The van der Waals surface area contributed by atoms with Gasteiger partial charge < -0.3 is 4.90 Å². The first-order valence-electron chi connectivity index (χ1n) is 8.71. The lowest BCUT2D eigenvalue weighted by molar-refractivity contribution is -0.132. The largest absolute Gasteiger partial charge is 0.334 e. The standard InChI is InChI=1S/C20H21N3O3S/c1-22(27(25,26)19-11-7-16(13-21)8-12-19)15-20(24)23(18-9-10-18)14-17-5-3-2-4-6-17/h2-8,11-12,18H,9-10,14-15H2,1H3. The lowest BCUT2D eigenvalue weighted by atomic mass is 10.2. The van der Waals surface area contributed by atoms with E-state index in [0.29, 0.717) is 12.1 Å². The average Bonchev–Trinajstić information content (AvgIpc) is 3.51. The summed E-state index contributed by atoms with van der Waals surface area (Å²) in [5.41, 5.74) is 1.41. The Kier molecular flexibility index (Phi) is 5.59. The second-order valence-electron chi connectivity index (χ2n) is 6.64. The van der Waals surface area contributed by atoms with E-state index in [1.165, 1.54) is 31.3 Å². The molecular formula is C20H21N3O3S. The molecule has 0 heterocycles. The van der Waals surface area contributed by atoms with E-state index in [4.69, 9.17) is 5.26 Å². The Hall–Kier alpha value is -2.69. The number of carbonyl (C=O) groups excluding carboxylic acids is 1. The summed E-state index contributed by atoms with van der Waals surface area (Å²) in [6, 6.07) is 17.5. The minimum atomic E-state index is -3.79. The Morgan fingerprint density at radius 2 is 1.74 bits per heavy atom. The highest BCUT2D eigenvalue weighted by Gasteiger charge is 2.34. The zero-order chi connectivity index (χ0) is 19.4. The molecule has 1 amide bonds. The van der Waals surface area contributed by atoms with Gasteiger partial charge in [0.25, 0.3) is 0 Å². The molecule has 3 rings (SSSR count). The van der Waals surface area contributed by atoms with Gasteiger partial charge in [-0.15, -0.1) is 0 Å². The fourth-order valence-electron chi connectivity index (χ4n) is 2.83. The number of amides is 1. The molecule has 7 heteroatoms. The number of benzene rings is 2. The first-order chi connectivity index (χ1) is 12.9. The molecule has 27 heavy (non-hydrogen) atoms. The van der Waals surface area contributed by atoms with Gasteiger partial charge in [0.2, 0.25) is 15.9 Å². The fourth-order valence-corrected chi connectivity index (χ4v) is 3.96. The van der Waals surface area contributed by atoms with Crippen LogP contribution in [0.1, 0.15) is 24.0 Å². The summed E-state index contributed by atoms with van der Waals surface area (Å²) in [6.45, 7) is 0.265. The Balaban J connectivity index is 1.71. The average molecular weight is 383 g/mol. The smallest absolute Gasteiger partial charge is 0.243 e. The zero-order valence-corrected chi connectivity index (χ0v) is 15.9. The molecule has 0 atom stereocenters. The Morgan fingerprint density at radius 1 is 1.11 bits per heavy atom. The third-order valence-corrected chi connectivity index (χ3v) is 6.37. The van der Waals surface area contributed by atoms with Crippen LogP contribution in [0.5, 0.6) is 0 Å². The Morgan fingerprint density at radius 3 is 2.30 bits per heavy atom. The van der Waals surface area contributed by atoms with E-state index in [1.54, 1.807) is 4.90 Å². The van der Waals surface area contributed by atoms with Crippen LogP contribution in [0.3, 0.4) is 0 Å². The second-order valence-corrected chi connectivity index (χ2v) is 8.68. The summed E-state index contributed by atoms with van der Waals surface area (Å²) in [6.07, 6.45) is 1.90. The first-order valence-corrected chi connectivity index (χ1v) is 10.2. The Labute approximate surface area is 159 Å². The number of rotatable bonds is 7. The molecule has 1 saturated carbocycles. The van der Waals surface area contributed by atoms with E-state index in [-0.39, 0.29) is 23.4 Å². The molecule has 1 aliphatic carbocycles. The summed E-state index contributed by atoms with van der Waals surface area (Å²) in [5.74, 6) is -0.207. The molecule has 0 N–H and O–H groups in total. The quantitative estimate of drug-likeness (QED) is 0.735. The topological polar surface area (TPSA) is 81.5 Å². The number of likely N-dealkylation sites (N-methyl/N-ethyl adjacent to an activating group) is 1. The maximum Gasteiger partial charge on any atom is 0.243 e. The highest BCUT2D eigenvalue weighted by Crippen LogP contribution is 2.29. The van der Waals surface area contributed by atoms with Gasteiger partial charge in [-0.3, -0.25) is 4.79 Å². The maximum atomic E-state index is 12.8. The highest BCUT2D eigenvalue weighted by molar-refractivity contribution is 7.89. The van der Waals surface area contributed by atoms with E-state index in [9.17, 15) is 13.2 Å². The lowest BCUT2D eigenvalue weighted by Crippen LogP contribution is -2.41. The van der Waals surface area contributed by atoms with Gasteiger partial charge in [0.05, 0.1) is 23.1 Å². The van der Waals surface area contributed by atoms with E-state index in [1.807, 2.05) is 36.4 Å². The third kappa shape index (κ3) is 4.54. The summed E-state index contributed by atoms with van der Waals surface area (Å²) < 4.78 is 26.5. The molecule has 0 radical (unpaired) electrons. The SMILES string of the molecule is CN(CC(=O)N(Cc1ccccc1)C1CC1)S(=O)(=O)c1ccc(C#N)cc1. The van der Waals surface area contributed by atoms with Gasteiger partial charge in [0, 0.05) is 19.6 Å². The van der Waals surface area contributed by atoms with Crippen LogP contribution in [0, 0.1) is 11.3 Å². The Bertz CT molecular complexity index is 946. The molecule has 6 nitrogen and oxygen atoms in total. The van der Waals surface area contributed by atoms with E-state index in [0.717, 1.165) is 22.7 Å². The van der Waals surface area contributed by atoms with Crippen molar-refractivity contribution in [2.75, 3.05) is 13.6 Å². The number of nitriles is 1. The number of sulfonamides is 1. The van der Waals surface area contributed by atoms with Crippen molar-refractivity contribution in [3.8, 4) is 6.07 Å². The van der Waals surface area contributed by atoms with Crippen molar-refractivity contribution in [3.05, 3.63) is 65.7 Å². The summed E-state index contributed by atoms with van der Waals surface area (Å²) in [7, 11) is -2.39. The normalized spacial score (nSPS) is 14.0. The zero-order valence-electron chi connectivity index (χ0n) is 15.1. The van der Waals surface area contributed by atoms with Gasteiger partial charge in [-0.1, -0.05) is 30.3 Å². The van der Waals surface area contributed by atoms with Crippen LogP contribution in [0.2, 0.25) is 0 Å². The number of hydrogen-bond donors (Lipinski definition) is 0. The van der Waals surface area contributed by atoms with E-state index >= 15 is 0 Å². The number of carbonyl (C=O) groups is 1. The summed E-state index contributed by atoms with van der Waals surface area (Å²) in [4.78, 5) is 14.6. The molecule has 0 unspecified atom stereocenters. The molecule has 0 spiro atoms. The minimum absolute atomic E-state index is 0.0674. The van der Waals surface area contributed by atoms with Crippen molar-refractivity contribution in [1.29, 1.82) is 5.26 Å². The molecule has 2 aromatic carbocycles. The van der Waals surface area contributed by atoms with Crippen LogP contribution in [0.4, 0.5) is 0 Å².